The third-order valence-electron chi connectivity index (χ3n) is 2.21. The maximum Gasteiger partial charge on any atom is 0.180 e. The minimum Gasteiger partial charge on any atom is -0.368 e. The fourth-order valence-corrected chi connectivity index (χ4v) is 1.66. The van der Waals surface area contributed by atoms with E-state index >= 15 is 0 Å². The average Bonchev–Trinajstić information content (AvgIpc) is 2.34. The number of hydrogen-bond donors (Lipinski definition) is 0. The van der Waals surface area contributed by atoms with Crippen molar-refractivity contribution in [2.75, 3.05) is 13.1 Å². The molecule has 0 atom stereocenters. The molecule has 1 fully saturated rings. The van der Waals surface area contributed by atoms with Gasteiger partial charge in [-0.05, 0) is 12.8 Å². The normalized spacial score (nSPS) is 24.6. The van der Waals surface area contributed by atoms with Gasteiger partial charge in [0.05, 0.1) is 5.70 Å². The van der Waals surface area contributed by atoms with Crippen LogP contribution in [0.1, 0.15) is 19.3 Å². The molecule has 10 heavy (non-hydrogen) atoms. The number of rotatable bonds is 0. The summed E-state index contributed by atoms with van der Waals surface area (Å²) in [6, 6.07) is 0. The second-order valence-corrected chi connectivity index (χ2v) is 2.89. The van der Waals surface area contributed by atoms with Crippen LogP contribution in [0.5, 0.6) is 0 Å². The summed E-state index contributed by atoms with van der Waals surface area (Å²) in [5, 5.41) is 0. The highest BCUT2D eigenvalue weighted by Crippen LogP contribution is 2.22. The van der Waals surface area contributed by atoms with E-state index in [4.69, 9.17) is 0 Å². The molecule has 0 aromatic carbocycles. The molecule has 0 aromatic rings. The number of fused-ring (bicyclic) bond motifs is 1. The van der Waals surface area contributed by atoms with Crippen LogP contribution in [-0.4, -0.2) is 23.8 Å². The Morgan fingerprint density at radius 3 is 3.10 bits per heavy atom. The maximum atomic E-state index is 11.1. The van der Waals surface area contributed by atoms with Gasteiger partial charge in [-0.25, -0.2) is 0 Å². The summed E-state index contributed by atoms with van der Waals surface area (Å²) in [5.41, 5.74) is 0.992. The standard InChI is InChI=1S/C8H11NO/c10-8-4-6-9-5-2-1-3-7(8)9/h3H,1-2,4-6H2. The van der Waals surface area contributed by atoms with E-state index in [0.717, 1.165) is 31.6 Å². The fraction of sp³-hybridized carbons (Fsp3) is 0.625. The second kappa shape index (κ2) is 2.11. The topological polar surface area (TPSA) is 20.3 Å². The first-order valence-electron chi connectivity index (χ1n) is 3.86. The predicted octanol–water partition coefficient (Wildman–Crippen LogP) is 0.939. The fourth-order valence-electron chi connectivity index (χ4n) is 1.66. The van der Waals surface area contributed by atoms with Crippen molar-refractivity contribution < 1.29 is 4.79 Å². The average molecular weight is 137 g/mol. The molecule has 2 nitrogen and oxygen atoms in total. The summed E-state index contributed by atoms with van der Waals surface area (Å²) in [5.74, 6) is 0.347. The number of hydrogen-bond acceptors (Lipinski definition) is 2. The monoisotopic (exact) mass is 137 g/mol. The van der Waals surface area contributed by atoms with Crippen LogP contribution in [0.2, 0.25) is 0 Å². The lowest BCUT2D eigenvalue weighted by Gasteiger charge is -2.21. The van der Waals surface area contributed by atoms with Crippen molar-refractivity contribution in [3.05, 3.63) is 11.8 Å². The molecule has 0 aliphatic carbocycles. The molecule has 0 spiro atoms. The highest BCUT2D eigenvalue weighted by atomic mass is 16.1. The van der Waals surface area contributed by atoms with Gasteiger partial charge in [0, 0.05) is 19.5 Å². The maximum absolute atomic E-state index is 11.1. The van der Waals surface area contributed by atoms with Gasteiger partial charge in [0.2, 0.25) is 0 Å². The number of allylic oxidation sites excluding steroid dienone is 2. The first-order chi connectivity index (χ1) is 4.88. The van der Waals surface area contributed by atoms with E-state index in [1.54, 1.807) is 0 Å². The molecule has 0 N–H and O–H groups in total. The molecule has 2 rings (SSSR count). The SMILES string of the molecule is O=C1CCN2CCCC=C12. The van der Waals surface area contributed by atoms with Crippen LogP contribution < -0.4 is 0 Å². The molecule has 0 amide bonds. The minimum absolute atomic E-state index is 0.347. The summed E-state index contributed by atoms with van der Waals surface area (Å²) in [6.45, 7) is 2.06. The van der Waals surface area contributed by atoms with Gasteiger partial charge in [-0.3, -0.25) is 4.79 Å². The molecule has 0 unspecified atom stereocenters. The van der Waals surface area contributed by atoms with E-state index in [1.165, 1.54) is 6.42 Å². The van der Waals surface area contributed by atoms with Crippen molar-refractivity contribution in [2.24, 2.45) is 0 Å². The zero-order valence-electron chi connectivity index (χ0n) is 5.97. The van der Waals surface area contributed by atoms with E-state index in [0.29, 0.717) is 5.78 Å². The Hall–Kier alpha value is -0.790. The largest absolute Gasteiger partial charge is 0.368 e. The van der Waals surface area contributed by atoms with E-state index in [9.17, 15) is 4.79 Å². The van der Waals surface area contributed by atoms with Crippen LogP contribution in [0.25, 0.3) is 0 Å². The Morgan fingerprint density at radius 1 is 1.40 bits per heavy atom. The van der Waals surface area contributed by atoms with E-state index in [-0.39, 0.29) is 0 Å². The zero-order chi connectivity index (χ0) is 6.97. The van der Waals surface area contributed by atoms with Crippen LogP contribution in [0, 0.1) is 0 Å². The smallest absolute Gasteiger partial charge is 0.180 e. The first kappa shape index (κ1) is 5.96. The van der Waals surface area contributed by atoms with Crippen molar-refractivity contribution in [1.82, 2.24) is 4.90 Å². The Kier molecular flexibility index (Phi) is 1.26. The van der Waals surface area contributed by atoms with Crippen molar-refractivity contribution in [3.8, 4) is 0 Å². The number of nitrogens with zero attached hydrogens (tertiary/aromatic N) is 1. The lowest BCUT2D eigenvalue weighted by Crippen LogP contribution is -2.22. The molecule has 2 aliphatic heterocycles. The number of carbonyl (C=O) groups is 1. The zero-order valence-corrected chi connectivity index (χ0v) is 5.97. The Labute approximate surface area is 60.5 Å². The van der Waals surface area contributed by atoms with Crippen LogP contribution in [-0.2, 0) is 4.79 Å². The summed E-state index contributed by atoms with van der Waals surface area (Å²) in [4.78, 5) is 13.3. The third kappa shape index (κ3) is 0.753. The summed E-state index contributed by atoms with van der Waals surface area (Å²) in [6.07, 6.45) is 5.14. The molecule has 0 radical (unpaired) electrons. The molecule has 0 aromatic heterocycles. The molecule has 54 valence electrons. The number of carbonyl (C=O) groups excluding carboxylic acids is 1. The van der Waals surface area contributed by atoms with Crippen molar-refractivity contribution in [3.63, 3.8) is 0 Å². The van der Waals surface area contributed by atoms with Gasteiger partial charge in [0.1, 0.15) is 0 Å². The van der Waals surface area contributed by atoms with Crippen molar-refractivity contribution >= 4 is 5.78 Å². The molecule has 1 saturated heterocycles. The molecule has 0 saturated carbocycles. The van der Waals surface area contributed by atoms with Crippen molar-refractivity contribution in [1.29, 1.82) is 0 Å². The van der Waals surface area contributed by atoms with Crippen LogP contribution >= 0.6 is 0 Å². The second-order valence-electron chi connectivity index (χ2n) is 2.89. The highest BCUT2D eigenvalue weighted by molar-refractivity contribution is 5.97. The first-order valence-corrected chi connectivity index (χ1v) is 3.86. The van der Waals surface area contributed by atoms with Crippen LogP contribution in [0.3, 0.4) is 0 Å². The lowest BCUT2D eigenvalue weighted by atomic mass is 10.1. The molecule has 2 aliphatic rings. The molecular weight excluding hydrogens is 126 g/mol. The molecular formula is C8H11NO. The molecule has 2 heteroatoms. The summed E-state index contributed by atoms with van der Waals surface area (Å²) in [7, 11) is 0. The third-order valence-corrected chi connectivity index (χ3v) is 2.21. The Bertz CT molecular complexity index is 195. The van der Waals surface area contributed by atoms with Gasteiger partial charge in [-0.15, -0.1) is 0 Å². The predicted molar refractivity (Wildman–Crippen MR) is 38.5 cm³/mol. The number of Topliss-reactive ketones (excluding diaryl/α,β-unsaturated/α-hetero) is 1. The highest BCUT2D eigenvalue weighted by Gasteiger charge is 2.25. The van der Waals surface area contributed by atoms with Crippen LogP contribution in [0.15, 0.2) is 11.8 Å². The van der Waals surface area contributed by atoms with Gasteiger partial charge < -0.3 is 4.90 Å². The van der Waals surface area contributed by atoms with Crippen LogP contribution in [0.4, 0.5) is 0 Å². The summed E-state index contributed by atoms with van der Waals surface area (Å²) < 4.78 is 0. The van der Waals surface area contributed by atoms with Gasteiger partial charge >= 0.3 is 0 Å². The quantitative estimate of drug-likeness (QED) is 0.495. The summed E-state index contributed by atoms with van der Waals surface area (Å²) >= 11 is 0. The van der Waals surface area contributed by atoms with Gasteiger partial charge in [-0.1, -0.05) is 6.08 Å². The molecule has 2 heterocycles. The number of ketones is 1. The van der Waals surface area contributed by atoms with Gasteiger partial charge in [0.15, 0.2) is 5.78 Å². The van der Waals surface area contributed by atoms with E-state index in [2.05, 4.69) is 11.0 Å². The van der Waals surface area contributed by atoms with E-state index in [1.807, 2.05) is 0 Å². The van der Waals surface area contributed by atoms with E-state index < -0.39 is 0 Å². The molecule has 0 bridgehead atoms. The Morgan fingerprint density at radius 2 is 2.30 bits per heavy atom. The lowest BCUT2D eigenvalue weighted by molar-refractivity contribution is -0.114. The minimum atomic E-state index is 0.347. The Balaban J connectivity index is 2.27. The van der Waals surface area contributed by atoms with Crippen molar-refractivity contribution in [2.45, 2.75) is 19.3 Å². The van der Waals surface area contributed by atoms with Gasteiger partial charge in [0.25, 0.3) is 0 Å². The van der Waals surface area contributed by atoms with Gasteiger partial charge in [-0.2, -0.15) is 0 Å².